The van der Waals surface area contributed by atoms with Crippen molar-refractivity contribution >= 4 is 21.6 Å². The van der Waals surface area contributed by atoms with E-state index in [1.807, 2.05) is 0 Å². The normalized spacial score (nSPS) is 15.3. The number of benzene rings is 1. The van der Waals surface area contributed by atoms with E-state index in [0.29, 0.717) is 0 Å². The molecule has 1 fully saturated rings. The van der Waals surface area contributed by atoms with Crippen molar-refractivity contribution in [2.24, 2.45) is 0 Å². The lowest BCUT2D eigenvalue weighted by atomic mass is 10.0. The highest BCUT2D eigenvalue weighted by atomic mass is 32.1. The van der Waals surface area contributed by atoms with Gasteiger partial charge in [-0.15, -0.1) is 11.3 Å². The molecule has 3 aromatic rings. The highest BCUT2D eigenvalue weighted by Gasteiger charge is 2.19. The molecule has 27 heavy (non-hydrogen) atoms. The van der Waals surface area contributed by atoms with Crippen LogP contribution in [0.2, 0.25) is 0 Å². The lowest BCUT2D eigenvalue weighted by molar-refractivity contribution is 0.158. The summed E-state index contributed by atoms with van der Waals surface area (Å²) in [4.78, 5) is 8.98. The standard InChI is InChI=1S/C22H27N3OS/c1-2-3-4-5-16-6-8-17(9-7-16)19-14-27-21-20(19)24-15-25-22(21)26-18-10-12-23-13-11-18/h6-9,14-15,18,23H,2-5,10-13H2,1H3. The molecule has 1 aliphatic rings. The largest absolute Gasteiger partial charge is 0.473 e. The summed E-state index contributed by atoms with van der Waals surface area (Å²) < 4.78 is 7.26. The number of unbranched alkanes of at least 4 members (excludes halogenated alkanes) is 2. The summed E-state index contributed by atoms with van der Waals surface area (Å²) in [6.07, 6.45) is 8.93. The second-order valence-corrected chi connectivity index (χ2v) is 8.11. The summed E-state index contributed by atoms with van der Waals surface area (Å²) in [5.74, 6) is 0.735. The van der Waals surface area contributed by atoms with E-state index >= 15 is 0 Å². The second-order valence-electron chi connectivity index (χ2n) is 7.23. The molecule has 4 rings (SSSR count). The van der Waals surface area contributed by atoms with Crippen molar-refractivity contribution in [1.82, 2.24) is 15.3 Å². The Balaban J connectivity index is 1.55. The Bertz CT molecular complexity index is 869. The summed E-state index contributed by atoms with van der Waals surface area (Å²) in [5, 5.41) is 5.55. The number of nitrogens with one attached hydrogen (secondary N) is 1. The third-order valence-corrected chi connectivity index (χ3v) is 6.18. The van der Waals surface area contributed by atoms with Crippen LogP contribution < -0.4 is 10.1 Å². The molecule has 142 valence electrons. The van der Waals surface area contributed by atoms with Crippen LogP contribution in [0.4, 0.5) is 0 Å². The maximum absolute atomic E-state index is 6.21. The van der Waals surface area contributed by atoms with Crippen LogP contribution in [0.15, 0.2) is 36.0 Å². The monoisotopic (exact) mass is 381 g/mol. The van der Waals surface area contributed by atoms with Crippen LogP contribution in [0.25, 0.3) is 21.3 Å². The average Bonchev–Trinajstić information content (AvgIpc) is 3.15. The third-order valence-electron chi connectivity index (χ3n) is 5.22. The molecular formula is C22H27N3OS. The van der Waals surface area contributed by atoms with E-state index < -0.39 is 0 Å². The van der Waals surface area contributed by atoms with Gasteiger partial charge in [-0.1, -0.05) is 44.0 Å². The summed E-state index contributed by atoms with van der Waals surface area (Å²) in [6, 6.07) is 8.95. The highest BCUT2D eigenvalue weighted by Crippen LogP contribution is 2.37. The van der Waals surface area contributed by atoms with Crippen LogP contribution in [0.5, 0.6) is 5.88 Å². The number of aryl methyl sites for hydroxylation is 1. The molecule has 1 aromatic carbocycles. The highest BCUT2D eigenvalue weighted by molar-refractivity contribution is 7.18. The fourth-order valence-corrected chi connectivity index (χ4v) is 4.58. The van der Waals surface area contributed by atoms with E-state index in [0.717, 1.165) is 48.4 Å². The Morgan fingerprint density at radius 2 is 1.93 bits per heavy atom. The number of nitrogens with zero attached hydrogens (tertiary/aromatic N) is 2. The van der Waals surface area contributed by atoms with E-state index in [1.54, 1.807) is 17.7 Å². The molecule has 1 aliphatic heterocycles. The summed E-state index contributed by atoms with van der Waals surface area (Å²) in [6.45, 7) is 4.27. The number of piperidine rings is 1. The summed E-state index contributed by atoms with van der Waals surface area (Å²) in [7, 11) is 0. The Labute approximate surface area is 165 Å². The number of ether oxygens (including phenoxy) is 1. The molecule has 0 atom stereocenters. The number of fused-ring (bicyclic) bond motifs is 1. The predicted molar refractivity (Wildman–Crippen MR) is 113 cm³/mol. The number of thiophene rings is 1. The first kappa shape index (κ1) is 18.4. The van der Waals surface area contributed by atoms with E-state index in [4.69, 9.17) is 4.74 Å². The second kappa shape index (κ2) is 8.81. The third kappa shape index (κ3) is 4.30. The molecule has 4 nitrogen and oxygen atoms in total. The van der Waals surface area contributed by atoms with Crippen molar-refractivity contribution < 1.29 is 4.74 Å². The zero-order chi connectivity index (χ0) is 18.5. The van der Waals surface area contributed by atoms with Crippen molar-refractivity contribution in [3.8, 4) is 17.0 Å². The number of aromatic nitrogens is 2. The van der Waals surface area contributed by atoms with Crippen molar-refractivity contribution in [2.75, 3.05) is 13.1 Å². The topological polar surface area (TPSA) is 47.0 Å². The van der Waals surface area contributed by atoms with Crippen LogP contribution >= 0.6 is 11.3 Å². The first-order chi connectivity index (χ1) is 13.3. The van der Waals surface area contributed by atoms with Gasteiger partial charge < -0.3 is 10.1 Å². The van der Waals surface area contributed by atoms with Crippen LogP contribution in [-0.4, -0.2) is 29.2 Å². The molecule has 0 bridgehead atoms. The maximum Gasteiger partial charge on any atom is 0.235 e. The predicted octanol–water partition coefficient (Wildman–Crippen LogP) is 5.22. The molecule has 0 spiro atoms. The summed E-state index contributed by atoms with van der Waals surface area (Å²) in [5.41, 5.74) is 4.80. The van der Waals surface area contributed by atoms with Crippen molar-refractivity contribution in [1.29, 1.82) is 0 Å². The quantitative estimate of drug-likeness (QED) is 0.570. The zero-order valence-electron chi connectivity index (χ0n) is 15.9. The van der Waals surface area contributed by atoms with Gasteiger partial charge in [-0.2, -0.15) is 0 Å². The Kier molecular flexibility index (Phi) is 6.00. The lowest BCUT2D eigenvalue weighted by Gasteiger charge is -2.23. The average molecular weight is 382 g/mol. The molecule has 1 N–H and O–H groups in total. The fourth-order valence-electron chi connectivity index (χ4n) is 3.62. The minimum absolute atomic E-state index is 0.248. The van der Waals surface area contributed by atoms with Crippen molar-refractivity contribution in [3.63, 3.8) is 0 Å². The minimum Gasteiger partial charge on any atom is -0.473 e. The van der Waals surface area contributed by atoms with Gasteiger partial charge in [-0.3, -0.25) is 0 Å². The van der Waals surface area contributed by atoms with Gasteiger partial charge in [0.1, 0.15) is 17.1 Å². The van der Waals surface area contributed by atoms with Crippen LogP contribution in [0.3, 0.4) is 0 Å². The van der Waals surface area contributed by atoms with Gasteiger partial charge in [0.15, 0.2) is 0 Å². The van der Waals surface area contributed by atoms with E-state index in [-0.39, 0.29) is 6.10 Å². The molecule has 3 heterocycles. The molecule has 0 saturated carbocycles. The van der Waals surface area contributed by atoms with E-state index in [9.17, 15) is 0 Å². The molecule has 0 radical (unpaired) electrons. The minimum atomic E-state index is 0.248. The summed E-state index contributed by atoms with van der Waals surface area (Å²) >= 11 is 1.68. The van der Waals surface area contributed by atoms with Gasteiger partial charge in [0.2, 0.25) is 5.88 Å². The Hall–Kier alpha value is -1.98. The molecule has 5 heteroatoms. The van der Waals surface area contributed by atoms with Gasteiger partial charge in [0.05, 0.1) is 5.52 Å². The van der Waals surface area contributed by atoms with Crippen LogP contribution in [0, 0.1) is 0 Å². The smallest absolute Gasteiger partial charge is 0.235 e. The SMILES string of the molecule is CCCCCc1ccc(-c2csc3c(OC4CCNCC4)ncnc23)cc1. The molecular weight excluding hydrogens is 354 g/mol. The number of hydrogen-bond acceptors (Lipinski definition) is 5. The van der Waals surface area contributed by atoms with Gasteiger partial charge in [0.25, 0.3) is 0 Å². The van der Waals surface area contributed by atoms with E-state index in [1.165, 1.54) is 36.0 Å². The van der Waals surface area contributed by atoms with Crippen molar-refractivity contribution in [2.45, 2.75) is 51.6 Å². The maximum atomic E-state index is 6.21. The Morgan fingerprint density at radius 3 is 2.70 bits per heavy atom. The van der Waals surface area contributed by atoms with Crippen molar-refractivity contribution in [3.05, 3.63) is 41.5 Å². The van der Waals surface area contributed by atoms with Gasteiger partial charge >= 0.3 is 0 Å². The number of rotatable bonds is 7. The first-order valence-electron chi connectivity index (χ1n) is 10.0. The van der Waals surface area contributed by atoms with E-state index in [2.05, 4.69) is 51.9 Å². The number of hydrogen-bond donors (Lipinski definition) is 1. The Morgan fingerprint density at radius 1 is 1.11 bits per heavy atom. The first-order valence-corrected chi connectivity index (χ1v) is 10.9. The van der Waals surface area contributed by atoms with Gasteiger partial charge in [-0.25, -0.2) is 9.97 Å². The van der Waals surface area contributed by atoms with Crippen LogP contribution in [-0.2, 0) is 6.42 Å². The molecule has 0 amide bonds. The van der Waals surface area contributed by atoms with Gasteiger partial charge in [0, 0.05) is 10.9 Å². The molecule has 2 aromatic heterocycles. The molecule has 1 saturated heterocycles. The lowest BCUT2D eigenvalue weighted by Crippen LogP contribution is -2.34. The fraction of sp³-hybridized carbons (Fsp3) is 0.455. The van der Waals surface area contributed by atoms with Gasteiger partial charge in [-0.05, 0) is 49.9 Å². The molecule has 0 aliphatic carbocycles. The zero-order valence-corrected chi connectivity index (χ0v) is 16.7. The molecule has 0 unspecified atom stereocenters. The van der Waals surface area contributed by atoms with Crippen LogP contribution in [0.1, 0.15) is 44.6 Å².